The molecule has 2 heterocycles. The van der Waals surface area contributed by atoms with E-state index in [1.54, 1.807) is 31.6 Å². The standard InChI is InChI=1S/C20H22N4O3/c1-14-12-18(19(25)22-13-17-4-3-11-27-17)24-20(23-14)21-10-9-15-5-7-16(26-2)8-6-15/h3-8,11-12H,9-10,13H2,1-2H3,(H,22,25)(H,21,23,24). The Hall–Kier alpha value is -3.35. The number of amides is 1. The molecule has 0 spiro atoms. The minimum Gasteiger partial charge on any atom is -0.497 e. The van der Waals surface area contributed by atoms with E-state index in [1.165, 1.54) is 5.56 Å². The second-order valence-electron chi connectivity index (χ2n) is 6.01. The Morgan fingerprint density at radius 3 is 2.70 bits per heavy atom. The summed E-state index contributed by atoms with van der Waals surface area (Å²) in [5, 5.41) is 5.96. The first kappa shape index (κ1) is 18.4. The first-order valence-electron chi connectivity index (χ1n) is 8.67. The Morgan fingerprint density at radius 2 is 2.00 bits per heavy atom. The van der Waals surface area contributed by atoms with E-state index in [2.05, 4.69) is 20.6 Å². The van der Waals surface area contributed by atoms with Crippen LogP contribution in [0.3, 0.4) is 0 Å². The van der Waals surface area contributed by atoms with Crippen molar-refractivity contribution in [2.45, 2.75) is 19.9 Å². The van der Waals surface area contributed by atoms with Crippen molar-refractivity contribution in [2.24, 2.45) is 0 Å². The van der Waals surface area contributed by atoms with Gasteiger partial charge in [-0.2, -0.15) is 0 Å². The van der Waals surface area contributed by atoms with E-state index >= 15 is 0 Å². The highest BCUT2D eigenvalue weighted by atomic mass is 16.5. The van der Waals surface area contributed by atoms with Gasteiger partial charge < -0.3 is 19.8 Å². The molecule has 7 nitrogen and oxygen atoms in total. The van der Waals surface area contributed by atoms with Gasteiger partial charge in [-0.1, -0.05) is 12.1 Å². The van der Waals surface area contributed by atoms with E-state index in [1.807, 2.05) is 31.2 Å². The maximum Gasteiger partial charge on any atom is 0.270 e. The summed E-state index contributed by atoms with van der Waals surface area (Å²) in [6.45, 7) is 2.80. The average Bonchev–Trinajstić information content (AvgIpc) is 3.20. The molecule has 0 fully saturated rings. The number of rotatable bonds is 8. The van der Waals surface area contributed by atoms with Crippen molar-refractivity contribution in [2.75, 3.05) is 19.0 Å². The molecule has 1 aromatic carbocycles. The first-order chi connectivity index (χ1) is 13.1. The lowest BCUT2D eigenvalue weighted by Crippen LogP contribution is -2.24. The molecule has 27 heavy (non-hydrogen) atoms. The number of aryl methyl sites for hydroxylation is 1. The predicted molar refractivity (Wildman–Crippen MR) is 102 cm³/mol. The van der Waals surface area contributed by atoms with Crippen LogP contribution in [0.1, 0.15) is 27.5 Å². The molecular formula is C20H22N4O3. The summed E-state index contributed by atoms with van der Waals surface area (Å²) >= 11 is 0. The Morgan fingerprint density at radius 1 is 1.19 bits per heavy atom. The lowest BCUT2D eigenvalue weighted by molar-refractivity contribution is 0.0943. The first-order valence-corrected chi connectivity index (χ1v) is 8.67. The van der Waals surface area contributed by atoms with Gasteiger partial charge in [0.15, 0.2) is 0 Å². The number of benzene rings is 1. The molecule has 0 bridgehead atoms. The largest absolute Gasteiger partial charge is 0.497 e. The summed E-state index contributed by atoms with van der Waals surface area (Å²) in [5.41, 5.74) is 2.22. The number of nitrogens with one attached hydrogen (secondary N) is 2. The summed E-state index contributed by atoms with van der Waals surface area (Å²) in [4.78, 5) is 21.0. The molecule has 2 N–H and O–H groups in total. The van der Waals surface area contributed by atoms with Gasteiger partial charge >= 0.3 is 0 Å². The van der Waals surface area contributed by atoms with Crippen molar-refractivity contribution < 1.29 is 13.9 Å². The van der Waals surface area contributed by atoms with Crippen LogP contribution in [0.2, 0.25) is 0 Å². The number of ether oxygens (including phenoxy) is 1. The zero-order valence-corrected chi connectivity index (χ0v) is 15.4. The van der Waals surface area contributed by atoms with Crippen LogP contribution in [-0.4, -0.2) is 29.5 Å². The Labute approximate surface area is 157 Å². The molecular weight excluding hydrogens is 344 g/mol. The molecule has 3 aromatic rings. The lowest BCUT2D eigenvalue weighted by Gasteiger charge is -2.09. The lowest BCUT2D eigenvalue weighted by atomic mass is 10.1. The van der Waals surface area contributed by atoms with Crippen LogP contribution in [0.25, 0.3) is 0 Å². The van der Waals surface area contributed by atoms with E-state index in [9.17, 15) is 4.79 Å². The number of hydrogen-bond donors (Lipinski definition) is 2. The zero-order chi connectivity index (χ0) is 19.1. The van der Waals surface area contributed by atoms with Crippen molar-refractivity contribution in [1.82, 2.24) is 15.3 Å². The number of carbonyl (C=O) groups is 1. The van der Waals surface area contributed by atoms with Crippen LogP contribution in [0, 0.1) is 6.92 Å². The fraction of sp³-hybridized carbons (Fsp3) is 0.250. The van der Waals surface area contributed by atoms with E-state index in [4.69, 9.17) is 9.15 Å². The summed E-state index contributed by atoms with van der Waals surface area (Å²) in [5.74, 6) is 1.69. The summed E-state index contributed by atoms with van der Waals surface area (Å²) in [7, 11) is 1.65. The van der Waals surface area contributed by atoms with E-state index in [-0.39, 0.29) is 5.91 Å². The molecule has 1 amide bonds. The third-order valence-corrected chi connectivity index (χ3v) is 3.95. The van der Waals surface area contributed by atoms with Crippen LogP contribution in [-0.2, 0) is 13.0 Å². The Balaban J connectivity index is 1.56. The highest BCUT2D eigenvalue weighted by Gasteiger charge is 2.11. The third-order valence-electron chi connectivity index (χ3n) is 3.95. The maximum atomic E-state index is 12.3. The fourth-order valence-corrected chi connectivity index (χ4v) is 2.55. The molecule has 0 aliphatic rings. The second-order valence-corrected chi connectivity index (χ2v) is 6.01. The maximum absolute atomic E-state index is 12.3. The van der Waals surface area contributed by atoms with Gasteiger partial charge in [0.05, 0.1) is 19.9 Å². The molecule has 140 valence electrons. The third kappa shape index (κ3) is 5.31. The molecule has 3 rings (SSSR count). The van der Waals surface area contributed by atoms with E-state index in [0.717, 1.165) is 17.9 Å². The Bertz CT molecular complexity index is 877. The van der Waals surface area contributed by atoms with Crippen LogP contribution >= 0.6 is 0 Å². The summed E-state index contributed by atoms with van der Waals surface area (Å²) in [6.07, 6.45) is 2.38. The van der Waals surface area contributed by atoms with Crippen molar-refractivity contribution in [1.29, 1.82) is 0 Å². The Kier molecular flexibility index (Phi) is 6.04. The number of hydrogen-bond acceptors (Lipinski definition) is 6. The zero-order valence-electron chi connectivity index (χ0n) is 15.4. The van der Waals surface area contributed by atoms with Crippen molar-refractivity contribution in [3.63, 3.8) is 0 Å². The van der Waals surface area contributed by atoms with Gasteiger partial charge in [-0.3, -0.25) is 4.79 Å². The predicted octanol–water partition coefficient (Wildman–Crippen LogP) is 2.97. The summed E-state index contributed by atoms with van der Waals surface area (Å²) < 4.78 is 10.4. The second kappa shape index (κ2) is 8.84. The van der Waals surface area contributed by atoms with Crippen molar-refractivity contribution in [3.05, 3.63) is 71.4 Å². The van der Waals surface area contributed by atoms with Gasteiger partial charge in [0, 0.05) is 12.2 Å². The minimum absolute atomic E-state index is 0.268. The van der Waals surface area contributed by atoms with E-state index in [0.29, 0.717) is 30.5 Å². The summed E-state index contributed by atoms with van der Waals surface area (Å²) in [6, 6.07) is 13.1. The van der Waals surface area contributed by atoms with Crippen LogP contribution in [0.4, 0.5) is 5.95 Å². The van der Waals surface area contributed by atoms with Crippen LogP contribution in [0.15, 0.2) is 53.1 Å². The molecule has 7 heteroatoms. The van der Waals surface area contributed by atoms with Gasteiger partial charge in [-0.05, 0) is 49.2 Å². The molecule has 0 aliphatic heterocycles. The molecule has 0 unspecified atom stereocenters. The fourth-order valence-electron chi connectivity index (χ4n) is 2.55. The SMILES string of the molecule is COc1ccc(CCNc2nc(C)cc(C(=O)NCc3ccco3)n2)cc1. The van der Waals surface area contributed by atoms with Crippen LogP contribution in [0.5, 0.6) is 5.75 Å². The molecule has 0 aliphatic carbocycles. The average molecular weight is 366 g/mol. The molecule has 2 aromatic heterocycles. The van der Waals surface area contributed by atoms with Gasteiger partial charge in [0.1, 0.15) is 17.2 Å². The van der Waals surface area contributed by atoms with Gasteiger partial charge in [0.25, 0.3) is 5.91 Å². The normalized spacial score (nSPS) is 10.4. The topological polar surface area (TPSA) is 89.3 Å². The van der Waals surface area contributed by atoms with Gasteiger partial charge in [-0.25, -0.2) is 9.97 Å². The number of anilines is 1. The molecule has 0 atom stereocenters. The van der Waals surface area contributed by atoms with Crippen molar-refractivity contribution in [3.8, 4) is 5.75 Å². The number of carbonyl (C=O) groups excluding carboxylic acids is 1. The minimum atomic E-state index is -0.268. The molecule has 0 saturated carbocycles. The highest BCUT2D eigenvalue weighted by molar-refractivity contribution is 5.92. The molecule has 0 saturated heterocycles. The van der Waals surface area contributed by atoms with Crippen molar-refractivity contribution >= 4 is 11.9 Å². The monoisotopic (exact) mass is 366 g/mol. The number of methoxy groups -OCH3 is 1. The van der Waals surface area contributed by atoms with E-state index < -0.39 is 0 Å². The molecule has 0 radical (unpaired) electrons. The quantitative estimate of drug-likeness (QED) is 0.637. The van der Waals surface area contributed by atoms with Crippen LogP contribution < -0.4 is 15.4 Å². The smallest absolute Gasteiger partial charge is 0.270 e. The number of furan rings is 1. The van der Waals surface area contributed by atoms with Gasteiger partial charge in [0.2, 0.25) is 5.95 Å². The van der Waals surface area contributed by atoms with Gasteiger partial charge in [-0.15, -0.1) is 0 Å². The highest BCUT2D eigenvalue weighted by Crippen LogP contribution is 2.12. The number of aromatic nitrogens is 2. The number of nitrogens with zero attached hydrogens (tertiary/aromatic N) is 2.